The zero-order valence-corrected chi connectivity index (χ0v) is 17.1. The second kappa shape index (κ2) is 8.68. The van der Waals surface area contributed by atoms with Crippen molar-refractivity contribution in [2.45, 2.75) is 13.1 Å². The lowest BCUT2D eigenvalue weighted by atomic mass is 10.3. The van der Waals surface area contributed by atoms with Crippen LogP contribution in [0, 0.1) is 0 Å². The number of carbonyl (C=O) groups excluding carboxylic acids is 1. The molecule has 5 heterocycles. The maximum atomic E-state index is 12.5. The van der Waals surface area contributed by atoms with E-state index in [2.05, 4.69) is 25.6 Å². The van der Waals surface area contributed by atoms with Gasteiger partial charge in [0.1, 0.15) is 12.0 Å². The summed E-state index contributed by atoms with van der Waals surface area (Å²) in [5.74, 6) is 0.398. The largest absolute Gasteiger partial charge is 0.378 e. The number of nitrogens with one attached hydrogen (secondary N) is 2. The van der Waals surface area contributed by atoms with Crippen LogP contribution in [0.4, 0.5) is 5.69 Å². The molecule has 5 rings (SSSR count). The van der Waals surface area contributed by atoms with E-state index < -0.39 is 0 Å². The Kier molecular flexibility index (Phi) is 5.27. The number of aromatic nitrogens is 6. The Morgan fingerprint density at radius 3 is 2.66 bits per heavy atom. The number of nitrogens with zero attached hydrogens (tertiary/aromatic N) is 6. The lowest BCUT2D eigenvalue weighted by Gasteiger charge is -2.03. The Hall–Kier alpha value is -4.53. The minimum Gasteiger partial charge on any atom is -0.378 e. The van der Waals surface area contributed by atoms with E-state index in [1.54, 1.807) is 41.9 Å². The number of amides is 1. The van der Waals surface area contributed by atoms with Gasteiger partial charge in [0.2, 0.25) is 5.95 Å². The molecule has 0 radical (unpaired) electrons. The maximum Gasteiger partial charge on any atom is 0.271 e. The van der Waals surface area contributed by atoms with Crippen LogP contribution >= 0.6 is 0 Å². The van der Waals surface area contributed by atoms with Crippen LogP contribution in [0.15, 0.2) is 86.0 Å². The molecule has 0 aromatic carbocycles. The topological polar surface area (TPSA) is 102 Å². The standard InChI is InChI=1S/C23H20N8O/c32-22(27-12-17-5-3-8-24-11-17)20-15-30(16-28-20)23-29-19(21-7-1-2-10-31(21)23)14-26-18-6-4-9-25-13-18/h1-11,13,15-16,26H,12,14H2,(H,27,32). The second-order valence-corrected chi connectivity index (χ2v) is 7.12. The van der Waals surface area contributed by atoms with Crippen LogP contribution in [-0.2, 0) is 13.1 Å². The molecule has 0 saturated heterocycles. The van der Waals surface area contributed by atoms with E-state index in [1.165, 1.54) is 0 Å². The highest BCUT2D eigenvalue weighted by atomic mass is 16.1. The molecule has 0 spiro atoms. The summed E-state index contributed by atoms with van der Waals surface area (Å²) in [6.07, 6.45) is 12.1. The molecule has 9 nitrogen and oxygen atoms in total. The predicted octanol–water partition coefficient (Wildman–Crippen LogP) is 2.85. The molecule has 5 aromatic heterocycles. The van der Waals surface area contributed by atoms with E-state index in [9.17, 15) is 4.79 Å². The fourth-order valence-electron chi connectivity index (χ4n) is 3.37. The minimum absolute atomic E-state index is 0.257. The van der Waals surface area contributed by atoms with Gasteiger partial charge in [-0.05, 0) is 35.9 Å². The van der Waals surface area contributed by atoms with E-state index in [0.29, 0.717) is 24.7 Å². The Balaban J connectivity index is 1.37. The highest BCUT2D eigenvalue weighted by Crippen LogP contribution is 2.18. The lowest BCUT2D eigenvalue weighted by Crippen LogP contribution is -2.23. The van der Waals surface area contributed by atoms with Gasteiger partial charge >= 0.3 is 0 Å². The van der Waals surface area contributed by atoms with Crippen LogP contribution in [0.3, 0.4) is 0 Å². The van der Waals surface area contributed by atoms with Crippen LogP contribution in [0.25, 0.3) is 11.5 Å². The Labute approximate surface area is 183 Å². The summed E-state index contributed by atoms with van der Waals surface area (Å²) in [7, 11) is 0. The molecule has 0 aliphatic rings. The number of fused-ring (bicyclic) bond motifs is 1. The first kappa shape index (κ1) is 19.4. The molecule has 0 aliphatic carbocycles. The summed E-state index contributed by atoms with van der Waals surface area (Å²) in [5.41, 5.74) is 4.00. The normalized spacial score (nSPS) is 10.9. The van der Waals surface area contributed by atoms with Gasteiger partial charge in [0.25, 0.3) is 5.91 Å². The average Bonchev–Trinajstić information content (AvgIpc) is 3.48. The molecule has 0 aliphatic heterocycles. The number of hydrogen-bond acceptors (Lipinski definition) is 6. The van der Waals surface area contributed by atoms with Crippen LogP contribution in [0.1, 0.15) is 21.7 Å². The van der Waals surface area contributed by atoms with Crippen molar-refractivity contribution in [3.8, 4) is 5.95 Å². The van der Waals surface area contributed by atoms with Gasteiger partial charge in [0, 0.05) is 43.7 Å². The molecule has 0 fully saturated rings. The first-order valence-electron chi connectivity index (χ1n) is 10.1. The van der Waals surface area contributed by atoms with Crippen molar-refractivity contribution in [3.05, 3.63) is 103 Å². The first-order valence-corrected chi connectivity index (χ1v) is 10.1. The third-order valence-corrected chi connectivity index (χ3v) is 4.95. The fourth-order valence-corrected chi connectivity index (χ4v) is 3.37. The van der Waals surface area contributed by atoms with Gasteiger partial charge in [-0.2, -0.15) is 0 Å². The molecule has 1 amide bonds. The summed E-state index contributed by atoms with van der Waals surface area (Å²) in [6, 6.07) is 13.5. The Morgan fingerprint density at radius 1 is 0.969 bits per heavy atom. The van der Waals surface area contributed by atoms with Crippen molar-refractivity contribution in [3.63, 3.8) is 0 Å². The molecule has 32 heavy (non-hydrogen) atoms. The first-order chi connectivity index (χ1) is 15.8. The fraction of sp³-hybridized carbons (Fsp3) is 0.0870. The molecule has 0 saturated carbocycles. The summed E-state index contributed by atoms with van der Waals surface area (Å²) >= 11 is 0. The van der Waals surface area contributed by atoms with Crippen molar-refractivity contribution in [2.24, 2.45) is 0 Å². The van der Waals surface area contributed by atoms with Gasteiger partial charge in [-0.15, -0.1) is 0 Å². The third kappa shape index (κ3) is 4.04. The maximum absolute atomic E-state index is 12.5. The number of anilines is 1. The number of imidazole rings is 2. The summed E-state index contributed by atoms with van der Waals surface area (Å²) in [4.78, 5) is 29.8. The monoisotopic (exact) mass is 424 g/mol. The lowest BCUT2D eigenvalue weighted by molar-refractivity contribution is 0.0946. The van der Waals surface area contributed by atoms with E-state index in [0.717, 1.165) is 22.5 Å². The summed E-state index contributed by atoms with van der Waals surface area (Å²) in [6.45, 7) is 0.919. The van der Waals surface area contributed by atoms with Crippen LogP contribution in [-0.4, -0.2) is 34.8 Å². The van der Waals surface area contributed by atoms with Crippen LogP contribution in [0.5, 0.6) is 0 Å². The van der Waals surface area contributed by atoms with Crippen molar-refractivity contribution in [1.29, 1.82) is 0 Å². The molecule has 0 atom stereocenters. The molecule has 5 aromatic rings. The molecular weight excluding hydrogens is 404 g/mol. The van der Waals surface area contributed by atoms with E-state index in [4.69, 9.17) is 4.98 Å². The number of hydrogen-bond donors (Lipinski definition) is 2. The smallest absolute Gasteiger partial charge is 0.271 e. The highest BCUT2D eigenvalue weighted by molar-refractivity contribution is 5.92. The number of carbonyl (C=O) groups is 1. The molecule has 0 unspecified atom stereocenters. The van der Waals surface area contributed by atoms with Gasteiger partial charge in [-0.1, -0.05) is 12.1 Å². The zero-order chi connectivity index (χ0) is 21.8. The third-order valence-electron chi connectivity index (χ3n) is 4.95. The Bertz CT molecular complexity index is 1340. The highest BCUT2D eigenvalue weighted by Gasteiger charge is 2.15. The van der Waals surface area contributed by atoms with Gasteiger partial charge in [0.05, 0.1) is 23.4 Å². The molecule has 0 bridgehead atoms. The van der Waals surface area contributed by atoms with Crippen molar-refractivity contribution in [2.75, 3.05) is 5.32 Å². The van der Waals surface area contributed by atoms with Crippen molar-refractivity contribution < 1.29 is 4.79 Å². The second-order valence-electron chi connectivity index (χ2n) is 7.12. The molecule has 2 N–H and O–H groups in total. The van der Waals surface area contributed by atoms with Gasteiger partial charge in [0.15, 0.2) is 0 Å². The molecular formula is C23H20N8O. The van der Waals surface area contributed by atoms with Crippen molar-refractivity contribution >= 4 is 17.1 Å². The minimum atomic E-state index is -0.257. The summed E-state index contributed by atoms with van der Waals surface area (Å²) in [5, 5.41) is 6.20. The van der Waals surface area contributed by atoms with Crippen molar-refractivity contribution in [1.82, 2.24) is 34.2 Å². The zero-order valence-electron chi connectivity index (χ0n) is 17.1. The SMILES string of the molecule is O=C(NCc1cccnc1)c1cn(-c2nc(CNc3cccnc3)c3ccccn23)cn1. The van der Waals surface area contributed by atoms with E-state index >= 15 is 0 Å². The molecule has 9 heteroatoms. The van der Waals surface area contributed by atoms with E-state index in [-0.39, 0.29) is 5.91 Å². The Morgan fingerprint density at radius 2 is 1.84 bits per heavy atom. The average molecular weight is 424 g/mol. The van der Waals surface area contributed by atoms with Gasteiger partial charge in [-0.25, -0.2) is 9.97 Å². The van der Waals surface area contributed by atoms with Gasteiger partial charge < -0.3 is 10.6 Å². The number of pyridine rings is 3. The van der Waals surface area contributed by atoms with Crippen LogP contribution in [0.2, 0.25) is 0 Å². The van der Waals surface area contributed by atoms with Crippen LogP contribution < -0.4 is 10.6 Å². The summed E-state index contributed by atoms with van der Waals surface area (Å²) < 4.78 is 3.72. The predicted molar refractivity (Wildman–Crippen MR) is 119 cm³/mol. The quantitative estimate of drug-likeness (QED) is 0.417. The van der Waals surface area contributed by atoms with Gasteiger partial charge in [-0.3, -0.25) is 23.7 Å². The van der Waals surface area contributed by atoms with E-state index in [1.807, 2.05) is 53.1 Å². The number of rotatable bonds is 7. The molecule has 158 valence electrons.